The van der Waals surface area contributed by atoms with Gasteiger partial charge in [-0.1, -0.05) is 44.7 Å². The summed E-state index contributed by atoms with van der Waals surface area (Å²) in [5, 5.41) is 14.5. The van der Waals surface area contributed by atoms with Crippen molar-refractivity contribution in [3.8, 4) is 0 Å². The molecule has 0 bridgehead atoms. The van der Waals surface area contributed by atoms with Crippen LogP contribution in [-0.2, 0) is 13.0 Å². The first kappa shape index (κ1) is 16.8. The quantitative estimate of drug-likeness (QED) is 0.722. The Balaban J connectivity index is 1.81. The van der Waals surface area contributed by atoms with Crippen LogP contribution < -0.4 is 5.32 Å². The number of imidazole rings is 1. The second kappa shape index (κ2) is 7.61. The van der Waals surface area contributed by atoms with Gasteiger partial charge in [-0.25, -0.2) is 4.98 Å². The lowest BCUT2D eigenvalue weighted by Crippen LogP contribution is -2.43. The molecule has 0 aromatic carbocycles. The van der Waals surface area contributed by atoms with Gasteiger partial charge >= 0.3 is 0 Å². The fourth-order valence-corrected chi connectivity index (χ4v) is 3.45. The number of H-pyrrole nitrogens is 1. The van der Waals surface area contributed by atoms with Crippen LogP contribution in [0.2, 0.25) is 5.15 Å². The monoisotopic (exact) mass is 313 g/mol. The zero-order valence-corrected chi connectivity index (χ0v) is 14.0. The number of hydrogen-bond donors (Lipinski definition) is 3. The highest BCUT2D eigenvalue weighted by molar-refractivity contribution is 6.30. The van der Waals surface area contributed by atoms with E-state index in [4.69, 9.17) is 11.6 Å². The molecule has 0 amide bonds. The van der Waals surface area contributed by atoms with Crippen molar-refractivity contribution in [3.05, 3.63) is 16.7 Å². The maximum absolute atomic E-state index is 10.6. The van der Waals surface area contributed by atoms with Gasteiger partial charge in [0.05, 0.1) is 11.3 Å². The van der Waals surface area contributed by atoms with Gasteiger partial charge in [0.15, 0.2) is 5.15 Å². The number of nitrogens with zero attached hydrogens (tertiary/aromatic N) is 1. The highest BCUT2D eigenvalue weighted by Gasteiger charge is 2.32. The van der Waals surface area contributed by atoms with Gasteiger partial charge in [-0.2, -0.15) is 0 Å². The van der Waals surface area contributed by atoms with E-state index in [-0.39, 0.29) is 0 Å². The molecule has 1 aliphatic rings. The Kier molecular flexibility index (Phi) is 6.08. The smallest absolute Gasteiger partial charge is 0.151 e. The van der Waals surface area contributed by atoms with Crippen LogP contribution in [0.25, 0.3) is 0 Å². The zero-order valence-electron chi connectivity index (χ0n) is 13.2. The molecule has 2 unspecified atom stereocenters. The van der Waals surface area contributed by atoms with Crippen molar-refractivity contribution >= 4 is 11.6 Å². The summed E-state index contributed by atoms with van der Waals surface area (Å²) in [4.78, 5) is 7.64. The number of aromatic nitrogens is 2. The molecule has 0 radical (unpaired) electrons. The van der Waals surface area contributed by atoms with E-state index in [1.807, 2.05) is 0 Å². The second-order valence-corrected chi connectivity index (χ2v) is 6.94. The molecule has 1 aromatic heterocycles. The highest BCUT2D eigenvalue weighted by atomic mass is 35.5. The third kappa shape index (κ3) is 4.97. The largest absolute Gasteiger partial charge is 0.389 e. The Labute approximate surface area is 132 Å². The van der Waals surface area contributed by atoms with Gasteiger partial charge in [0.1, 0.15) is 5.82 Å². The highest BCUT2D eigenvalue weighted by Crippen LogP contribution is 2.31. The molecule has 21 heavy (non-hydrogen) atoms. The summed E-state index contributed by atoms with van der Waals surface area (Å²) >= 11 is 6.16. The zero-order chi connectivity index (χ0) is 15.3. The third-order valence-electron chi connectivity index (χ3n) is 4.37. The second-order valence-electron chi connectivity index (χ2n) is 6.59. The van der Waals surface area contributed by atoms with Gasteiger partial charge in [-0.05, 0) is 25.2 Å². The van der Waals surface area contributed by atoms with Crippen LogP contribution in [0.3, 0.4) is 0 Å². The molecule has 1 saturated carbocycles. The Morgan fingerprint density at radius 1 is 1.52 bits per heavy atom. The lowest BCUT2D eigenvalue weighted by Gasteiger charge is -2.35. The van der Waals surface area contributed by atoms with E-state index in [9.17, 15) is 5.11 Å². The molecule has 1 heterocycles. The van der Waals surface area contributed by atoms with E-state index < -0.39 is 5.60 Å². The van der Waals surface area contributed by atoms with Gasteiger partial charge in [-0.3, -0.25) is 0 Å². The fraction of sp³-hybridized carbons (Fsp3) is 0.812. The molecule has 5 heteroatoms. The number of aliphatic hydroxyl groups is 1. The maximum atomic E-state index is 10.6. The number of aromatic amines is 1. The van der Waals surface area contributed by atoms with E-state index in [0.717, 1.165) is 50.0 Å². The summed E-state index contributed by atoms with van der Waals surface area (Å²) in [6.45, 7) is 5.64. The first-order chi connectivity index (χ1) is 10.0. The van der Waals surface area contributed by atoms with E-state index in [0.29, 0.717) is 24.2 Å². The summed E-state index contributed by atoms with van der Waals surface area (Å²) in [5.41, 5.74) is 0.366. The van der Waals surface area contributed by atoms with Gasteiger partial charge in [-0.15, -0.1) is 0 Å². The molecule has 1 aliphatic carbocycles. The summed E-state index contributed by atoms with van der Waals surface area (Å²) in [7, 11) is 0. The predicted molar refractivity (Wildman–Crippen MR) is 86.5 cm³/mol. The van der Waals surface area contributed by atoms with Gasteiger partial charge in [0, 0.05) is 19.5 Å². The number of hydrogen-bond acceptors (Lipinski definition) is 3. The van der Waals surface area contributed by atoms with Crippen molar-refractivity contribution in [1.29, 1.82) is 0 Å². The van der Waals surface area contributed by atoms with Crippen molar-refractivity contribution in [1.82, 2.24) is 15.3 Å². The number of rotatable bonds is 7. The summed E-state index contributed by atoms with van der Waals surface area (Å²) < 4.78 is 0. The molecule has 2 atom stereocenters. The summed E-state index contributed by atoms with van der Waals surface area (Å²) in [6.07, 6.45) is 7.34. The van der Waals surface area contributed by atoms with E-state index >= 15 is 0 Å². The standard InChI is InChI=1S/C16H28ClN3O/c1-3-4-7-14-19-13(15(17)20-14)10-18-11-16(21)8-5-6-12(2)9-16/h12,18,21H,3-11H2,1-2H3,(H,19,20). The molecular weight excluding hydrogens is 286 g/mol. The van der Waals surface area contributed by atoms with Crippen LogP contribution in [0.1, 0.15) is 63.9 Å². The lowest BCUT2D eigenvalue weighted by molar-refractivity contribution is -0.0119. The van der Waals surface area contributed by atoms with Crippen molar-refractivity contribution in [3.63, 3.8) is 0 Å². The van der Waals surface area contributed by atoms with Crippen molar-refractivity contribution in [2.45, 2.75) is 70.9 Å². The topological polar surface area (TPSA) is 60.9 Å². The predicted octanol–water partition coefficient (Wildman–Crippen LogP) is 3.44. The van der Waals surface area contributed by atoms with E-state index in [1.165, 1.54) is 6.42 Å². The summed E-state index contributed by atoms with van der Waals surface area (Å²) in [5.74, 6) is 1.57. The molecule has 120 valence electrons. The van der Waals surface area contributed by atoms with Crippen LogP contribution in [0.15, 0.2) is 0 Å². The van der Waals surface area contributed by atoms with Crippen molar-refractivity contribution in [2.75, 3.05) is 6.54 Å². The van der Waals surface area contributed by atoms with Gasteiger partial charge in [0.25, 0.3) is 0 Å². The van der Waals surface area contributed by atoms with Crippen molar-refractivity contribution < 1.29 is 5.11 Å². The molecule has 0 saturated heterocycles. The summed E-state index contributed by atoms with van der Waals surface area (Å²) in [6, 6.07) is 0. The first-order valence-corrected chi connectivity index (χ1v) is 8.56. The molecule has 0 spiro atoms. The van der Waals surface area contributed by atoms with Crippen LogP contribution in [0, 0.1) is 5.92 Å². The average Bonchev–Trinajstić information content (AvgIpc) is 2.76. The van der Waals surface area contributed by atoms with E-state index in [2.05, 4.69) is 29.1 Å². The Morgan fingerprint density at radius 3 is 3.05 bits per heavy atom. The molecule has 1 fully saturated rings. The van der Waals surface area contributed by atoms with Gasteiger partial charge < -0.3 is 15.4 Å². The normalized spacial score (nSPS) is 26.2. The van der Waals surface area contributed by atoms with Crippen molar-refractivity contribution in [2.24, 2.45) is 5.92 Å². The molecule has 3 N–H and O–H groups in total. The average molecular weight is 314 g/mol. The minimum absolute atomic E-state index is 0.553. The van der Waals surface area contributed by atoms with E-state index in [1.54, 1.807) is 0 Å². The maximum Gasteiger partial charge on any atom is 0.151 e. The third-order valence-corrected chi connectivity index (χ3v) is 4.68. The van der Waals surface area contributed by atoms with Crippen LogP contribution in [0.5, 0.6) is 0 Å². The molecule has 4 nitrogen and oxygen atoms in total. The van der Waals surface area contributed by atoms with Crippen LogP contribution in [-0.4, -0.2) is 27.2 Å². The Morgan fingerprint density at radius 2 is 2.33 bits per heavy atom. The number of nitrogens with one attached hydrogen (secondary N) is 2. The molecule has 1 aromatic rings. The Hall–Kier alpha value is -0.580. The first-order valence-electron chi connectivity index (χ1n) is 8.19. The minimum atomic E-state index is -0.560. The lowest BCUT2D eigenvalue weighted by atomic mass is 9.79. The van der Waals surface area contributed by atoms with Crippen LogP contribution in [0.4, 0.5) is 0 Å². The Bertz CT molecular complexity index is 449. The molecule has 2 rings (SSSR count). The fourth-order valence-electron chi connectivity index (χ4n) is 3.23. The van der Waals surface area contributed by atoms with Gasteiger partial charge in [0.2, 0.25) is 0 Å². The minimum Gasteiger partial charge on any atom is -0.389 e. The molecule has 0 aliphatic heterocycles. The number of halogens is 1. The van der Waals surface area contributed by atoms with Crippen LogP contribution >= 0.6 is 11.6 Å². The SMILES string of the molecule is CCCCc1nc(Cl)c(CNCC2(O)CCCC(C)C2)[nH]1. The number of aryl methyl sites for hydroxylation is 1. The molecular formula is C16H28ClN3O. The number of unbranched alkanes of at least 4 members (excludes halogenated alkanes) is 1.